The minimum atomic E-state index is -0.680. The molecule has 0 N–H and O–H groups in total. The first-order valence-electron chi connectivity index (χ1n) is 7.59. The molecule has 0 spiro atoms. The smallest absolute Gasteiger partial charge is 0.343 e. The fourth-order valence-electron chi connectivity index (χ4n) is 2.74. The number of thiophene rings is 1. The maximum Gasteiger partial charge on any atom is 0.343 e. The lowest BCUT2D eigenvalue weighted by atomic mass is 10.1. The van der Waals surface area contributed by atoms with Crippen LogP contribution in [-0.2, 0) is 14.3 Å². The van der Waals surface area contributed by atoms with Gasteiger partial charge in [0.2, 0.25) is 5.78 Å². The Hall–Kier alpha value is -2.73. The molecule has 0 unspecified atom stereocenters. The third-order valence-corrected chi connectivity index (χ3v) is 5.01. The molecule has 4 nitrogen and oxygen atoms in total. The number of halogens is 1. The molecule has 1 aliphatic heterocycles. The van der Waals surface area contributed by atoms with Crippen molar-refractivity contribution in [2.45, 2.75) is 13.8 Å². The quantitative estimate of drug-likeness (QED) is 0.472. The van der Waals surface area contributed by atoms with Crippen LogP contribution in [0, 0.1) is 12.7 Å². The Morgan fingerprint density at radius 3 is 2.44 bits per heavy atom. The highest BCUT2D eigenvalue weighted by molar-refractivity contribution is 7.11. The molecule has 128 valence electrons. The topological polar surface area (TPSA) is 46.6 Å². The second-order valence-electron chi connectivity index (χ2n) is 5.59. The number of aryl methyl sites for hydroxylation is 1. The Balaban J connectivity index is 2.17. The van der Waals surface area contributed by atoms with E-state index in [0.717, 1.165) is 10.4 Å². The Labute approximate surface area is 148 Å². The molecule has 0 saturated heterocycles. The Morgan fingerprint density at radius 1 is 1.20 bits per heavy atom. The van der Waals surface area contributed by atoms with E-state index in [-0.39, 0.29) is 11.4 Å². The highest BCUT2D eigenvalue weighted by Crippen LogP contribution is 2.36. The van der Waals surface area contributed by atoms with E-state index in [2.05, 4.69) is 0 Å². The maximum absolute atomic E-state index is 13.3. The van der Waals surface area contributed by atoms with Crippen LogP contribution in [0.3, 0.4) is 0 Å². The van der Waals surface area contributed by atoms with E-state index >= 15 is 0 Å². The van der Waals surface area contributed by atoms with Gasteiger partial charge < -0.3 is 9.64 Å². The van der Waals surface area contributed by atoms with Crippen molar-refractivity contribution in [3.05, 3.63) is 68.9 Å². The zero-order chi connectivity index (χ0) is 18.1. The number of Topliss-reactive ketones (excluding diaryl/α,β-unsaturated/α-hetero) is 1. The molecular formula is C19H16FNO3S. The van der Waals surface area contributed by atoms with Crippen molar-refractivity contribution in [3.8, 4) is 0 Å². The van der Waals surface area contributed by atoms with Gasteiger partial charge in [-0.05, 0) is 61.2 Å². The number of nitrogens with zero attached hydrogens (tertiary/aromatic N) is 1. The minimum Gasteiger partial charge on any atom is -0.465 e. The number of carbonyl (C=O) groups is 2. The average Bonchev–Trinajstić information content (AvgIpc) is 3.10. The van der Waals surface area contributed by atoms with Crippen LogP contribution < -0.4 is 4.90 Å². The molecule has 0 bridgehead atoms. The van der Waals surface area contributed by atoms with Crippen molar-refractivity contribution in [3.63, 3.8) is 0 Å². The number of benzene rings is 1. The molecule has 0 atom stereocenters. The number of rotatable bonds is 3. The van der Waals surface area contributed by atoms with Crippen molar-refractivity contribution in [1.82, 2.24) is 0 Å². The molecule has 2 heterocycles. The second kappa shape index (κ2) is 6.64. The van der Waals surface area contributed by atoms with E-state index in [1.807, 2.05) is 18.4 Å². The molecule has 1 aromatic heterocycles. The molecule has 0 radical (unpaired) electrons. The standard InChI is InChI=1S/C19H16FNO3S/c1-11-8-9-25-16(11)10-15-18(22)17(19(23)24-3)12(2)21(15)14-6-4-13(20)5-7-14/h4-10H,1-3H3. The summed E-state index contributed by atoms with van der Waals surface area (Å²) < 4.78 is 18.0. The van der Waals surface area contributed by atoms with E-state index in [4.69, 9.17) is 4.74 Å². The van der Waals surface area contributed by atoms with Crippen LogP contribution in [0.2, 0.25) is 0 Å². The first kappa shape index (κ1) is 17.1. The fourth-order valence-corrected chi connectivity index (χ4v) is 3.59. The SMILES string of the molecule is COC(=O)C1=C(C)N(c2ccc(F)cc2)C(=Cc2sccc2C)C1=O. The van der Waals surface area contributed by atoms with Crippen molar-refractivity contribution >= 4 is 34.9 Å². The number of allylic oxidation sites excluding steroid dienone is 2. The Morgan fingerprint density at radius 2 is 1.88 bits per heavy atom. The predicted octanol–water partition coefficient (Wildman–Crippen LogP) is 4.07. The first-order chi connectivity index (χ1) is 11.9. The summed E-state index contributed by atoms with van der Waals surface area (Å²) in [6.07, 6.45) is 1.76. The van der Waals surface area contributed by atoms with Gasteiger partial charge in [-0.2, -0.15) is 0 Å². The predicted molar refractivity (Wildman–Crippen MR) is 95.6 cm³/mol. The van der Waals surface area contributed by atoms with Gasteiger partial charge in [0, 0.05) is 16.3 Å². The molecule has 2 aromatic rings. The summed E-state index contributed by atoms with van der Waals surface area (Å²) in [5.41, 5.74) is 2.44. The lowest BCUT2D eigenvalue weighted by Crippen LogP contribution is -2.18. The summed E-state index contributed by atoms with van der Waals surface area (Å²) in [7, 11) is 1.24. The van der Waals surface area contributed by atoms with Gasteiger partial charge in [-0.1, -0.05) is 0 Å². The molecule has 3 rings (SSSR count). The van der Waals surface area contributed by atoms with Crippen molar-refractivity contribution in [2.24, 2.45) is 0 Å². The van der Waals surface area contributed by atoms with Gasteiger partial charge in [0.1, 0.15) is 11.4 Å². The van der Waals surface area contributed by atoms with Crippen LogP contribution in [0.15, 0.2) is 52.7 Å². The van der Waals surface area contributed by atoms with Gasteiger partial charge >= 0.3 is 5.97 Å². The van der Waals surface area contributed by atoms with E-state index in [1.165, 1.54) is 30.6 Å². The number of anilines is 1. The Kier molecular flexibility index (Phi) is 4.55. The van der Waals surface area contributed by atoms with Crippen molar-refractivity contribution in [1.29, 1.82) is 0 Å². The third kappa shape index (κ3) is 3.00. The molecule has 1 aliphatic rings. The number of methoxy groups -OCH3 is 1. The van der Waals surface area contributed by atoms with Crippen molar-refractivity contribution < 1.29 is 18.7 Å². The molecular weight excluding hydrogens is 341 g/mol. The average molecular weight is 357 g/mol. The molecule has 0 aliphatic carbocycles. The lowest BCUT2D eigenvalue weighted by Gasteiger charge is -2.21. The highest BCUT2D eigenvalue weighted by Gasteiger charge is 2.38. The minimum absolute atomic E-state index is 0.00714. The van der Waals surface area contributed by atoms with Crippen LogP contribution in [0.5, 0.6) is 0 Å². The molecule has 25 heavy (non-hydrogen) atoms. The zero-order valence-corrected chi connectivity index (χ0v) is 14.8. The number of esters is 1. The van der Waals surface area contributed by atoms with E-state index in [1.54, 1.807) is 30.0 Å². The summed E-state index contributed by atoms with van der Waals surface area (Å²) in [5, 5.41) is 1.94. The van der Waals surface area contributed by atoms with Crippen LogP contribution in [0.4, 0.5) is 10.1 Å². The number of ether oxygens (including phenoxy) is 1. The van der Waals surface area contributed by atoms with Crippen LogP contribution in [-0.4, -0.2) is 18.9 Å². The van der Waals surface area contributed by atoms with Crippen LogP contribution in [0.25, 0.3) is 6.08 Å². The maximum atomic E-state index is 13.3. The van der Waals surface area contributed by atoms with Gasteiger partial charge in [-0.15, -0.1) is 11.3 Å². The normalized spacial score (nSPS) is 16.1. The molecule has 6 heteroatoms. The number of hydrogen-bond acceptors (Lipinski definition) is 5. The van der Waals surface area contributed by atoms with E-state index in [9.17, 15) is 14.0 Å². The third-order valence-electron chi connectivity index (χ3n) is 4.04. The van der Waals surface area contributed by atoms with Gasteiger partial charge in [-0.3, -0.25) is 4.79 Å². The van der Waals surface area contributed by atoms with Gasteiger partial charge in [0.25, 0.3) is 0 Å². The summed E-state index contributed by atoms with van der Waals surface area (Å²) in [4.78, 5) is 27.5. The summed E-state index contributed by atoms with van der Waals surface area (Å²) in [5.74, 6) is -1.45. The van der Waals surface area contributed by atoms with Crippen molar-refractivity contribution in [2.75, 3.05) is 12.0 Å². The van der Waals surface area contributed by atoms with Gasteiger partial charge in [-0.25, -0.2) is 9.18 Å². The largest absolute Gasteiger partial charge is 0.465 e. The number of ketones is 1. The molecule has 0 fully saturated rings. The monoisotopic (exact) mass is 357 g/mol. The first-order valence-corrected chi connectivity index (χ1v) is 8.47. The molecule has 0 saturated carbocycles. The fraction of sp³-hybridized carbons (Fsp3) is 0.158. The lowest BCUT2D eigenvalue weighted by molar-refractivity contribution is -0.137. The van der Waals surface area contributed by atoms with Gasteiger partial charge in [0.15, 0.2) is 0 Å². The number of hydrogen-bond donors (Lipinski definition) is 0. The van der Waals surface area contributed by atoms with Gasteiger partial charge in [0.05, 0.1) is 12.8 Å². The van der Waals surface area contributed by atoms with E-state index in [0.29, 0.717) is 17.1 Å². The van der Waals surface area contributed by atoms with Crippen LogP contribution >= 0.6 is 11.3 Å². The summed E-state index contributed by atoms with van der Waals surface area (Å²) in [6.45, 7) is 3.63. The van der Waals surface area contributed by atoms with E-state index < -0.39 is 11.8 Å². The number of carbonyl (C=O) groups excluding carboxylic acids is 2. The molecule has 0 amide bonds. The summed E-state index contributed by atoms with van der Waals surface area (Å²) in [6, 6.07) is 7.73. The highest BCUT2D eigenvalue weighted by atomic mass is 32.1. The summed E-state index contributed by atoms with van der Waals surface area (Å²) >= 11 is 1.50. The zero-order valence-electron chi connectivity index (χ0n) is 14.0. The second-order valence-corrected chi connectivity index (χ2v) is 6.54. The molecule has 1 aromatic carbocycles. The van der Waals surface area contributed by atoms with Crippen LogP contribution in [0.1, 0.15) is 17.4 Å². The Bertz CT molecular complexity index is 909.